The van der Waals surface area contributed by atoms with Crippen molar-refractivity contribution in [2.24, 2.45) is 0 Å². The summed E-state index contributed by atoms with van der Waals surface area (Å²) < 4.78 is 5.85. The van der Waals surface area contributed by atoms with E-state index in [0.717, 1.165) is 33.2 Å². The molecule has 0 fully saturated rings. The minimum absolute atomic E-state index is 0.0432. The lowest BCUT2D eigenvalue weighted by Crippen LogP contribution is -2.22. The van der Waals surface area contributed by atoms with E-state index < -0.39 is 0 Å². The van der Waals surface area contributed by atoms with E-state index in [1.807, 2.05) is 53.8 Å². The topological polar surface area (TPSA) is 70.0 Å². The molecule has 3 aromatic carbocycles. The normalized spacial score (nSPS) is 11.7. The molecule has 0 spiro atoms. The number of hydrogen-bond acceptors (Lipinski definition) is 5. The molecule has 6 rings (SSSR count). The first-order valence-corrected chi connectivity index (χ1v) is 12.2. The number of nitrogens with zero attached hydrogens (tertiary/aromatic N) is 6. The number of benzene rings is 3. The van der Waals surface area contributed by atoms with E-state index in [1.165, 1.54) is 5.56 Å². The van der Waals surface area contributed by atoms with Gasteiger partial charge in [0.2, 0.25) is 5.78 Å². The minimum atomic E-state index is -0.0432. The van der Waals surface area contributed by atoms with E-state index in [2.05, 4.69) is 52.0 Å². The molecule has 3 heterocycles. The lowest BCUT2D eigenvalue weighted by Gasteiger charge is -2.11. The number of aromatic nitrogens is 6. The number of aryl methyl sites for hydroxylation is 2. The quantitative estimate of drug-likeness (QED) is 0.334. The van der Waals surface area contributed by atoms with E-state index in [-0.39, 0.29) is 5.56 Å². The second kappa shape index (κ2) is 8.14. The lowest BCUT2D eigenvalue weighted by molar-refractivity contribution is 0.735. The molecule has 0 N–H and O–H groups in total. The Hall–Kier alpha value is -3.91. The molecule has 168 valence electrons. The van der Waals surface area contributed by atoms with E-state index in [0.29, 0.717) is 23.5 Å². The van der Waals surface area contributed by atoms with Crippen molar-refractivity contribution in [2.75, 3.05) is 0 Å². The summed E-state index contributed by atoms with van der Waals surface area (Å²) in [5.41, 5.74) is 5.06. The van der Waals surface area contributed by atoms with Gasteiger partial charge in [-0.15, -0.1) is 10.2 Å². The van der Waals surface area contributed by atoms with Crippen LogP contribution in [-0.4, -0.2) is 28.7 Å². The van der Waals surface area contributed by atoms with Gasteiger partial charge in [0.15, 0.2) is 5.16 Å². The summed E-state index contributed by atoms with van der Waals surface area (Å²) in [5, 5.41) is 10.4. The van der Waals surface area contributed by atoms with Crippen molar-refractivity contribution in [3.05, 3.63) is 94.5 Å². The van der Waals surface area contributed by atoms with E-state index in [1.54, 1.807) is 16.3 Å². The van der Waals surface area contributed by atoms with Crippen LogP contribution < -0.4 is 5.56 Å². The molecular weight excluding hydrogens is 444 g/mol. The fraction of sp³-hybridized carbons (Fsp3) is 0.154. The number of imidazole rings is 1. The summed E-state index contributed by atoms with van der Waals surface area (Å²) in [7, 11) is 0. The Morgan fingerprint density at radius 1 is 0.882 bits per heavy atom. The number of fused-ring (bicyclic) bond motifs is 4. The van der Waals surface area contributed by atoms with Crippen LogP contribution >= 0.6 is 11.8 Å². The second-order valence-electron chi connectivity index (χ2n) is 8.16. The Labute approximate surface area is 199 Å². The van der Waals surface area contributed by atoms with Gasteiger partial charge in [-0.1, -0.05) is 53.7 Å². The Kier molecular flexibility index (Phi) is 4.95. The Morgan fingerprint density at radius 2 is 1.62 bits per heavy atom. The Bertz CT molecular complexity index is 1730. The smallest absolute Gasteiger partial charge is 0.262 e. The highest BCUT2D eigenvalue weighted by Gasteiger charge is 2.18. The molecule has 0 unspecified atom stereocenters. The molecule has 0 aliphatic carbocycles. The van der Waals surface area contributed by atoms with Crippen molar-refractivity contribution in [3.63, 3.8) is 0 Å². The molecule has 7 nitrogen and oxygen atoms in total. The lowest BCUT2D eigenvalue weighted by atomic mass is 10.2. The summed E-state index contributed by atoms with van der Waals surface area (Å²) in [5.74, 6) is 1.90. The molecule has 34 heavy (non-hydrogen) atoms. The summed E-state index contributed by atoms with van der Waals surface area (Å²) >= 11 is 1.61. The molecule has 6 aromatic rings. The zero-order chi connectivity index (χ0) is 23.2. The third-order valence-corrected chi connectivity index (χ3v) is 6.98. The van der Waals surface area contributed by atoms with Crippen LogP contribution in [0.15, 0.2) is 82.7 Å². The molecular formula is C26H22N6OS. The van der Waals surface area contributed by atoms with E-state index in [4.69, 9.17) is 4.98 Å². The zero-order valence-electron chi connectivity index (χ0n) is 18.8. The number of para-hydroxylation sites is 3. The van der Waals surface area contributed by atoms with Crippen LogP contribution in [0.5, 0.6) is 0 Å². The van der Waals surface area contributed by atoms with Gasteiger partial charge in [-0.25, -0.2) is 4.98 Å². The predicted octanol–water partition coefficient (Wildman–Crippen LogP) is 5.00. The van der Waals surface area contributed by atoms with Crippen LogP contribution in [0.2, 0.25) is 0 Å². The first kappa shape index (κ1) is 20.7. The van der Waals surface area contributed by atoms with Crippen LogP contribution in [0.4, 0.5) is 0 Å². The van der Waals surface area contributed by atoms with Gasteiger partial charge in [0.1, 0.15) is 5.82 Å². The van der Waals surface area contributed by atoms with Crippen LogP contribution in [-0.2, 0) is 12.3 Å². The van der Waals surface area contributed by atoms with Crippen molar-refractivity contribution in [1.82, 2.24) is 28.7 Å². The first-order chi connectivity index (χ1) is 16.7. The van der Waals surface area contributed by atoms with E-state index >= 15 is 0 Å². The molecule has 0 atom stereocenters. The summed E-state index contributed by atoms with van der Waals surface area (Å²) in [6, 6.07) is 24.2. The molecule has 0 amide bonds. The fourth-order valence-electron chi connectivity index (χ4n) is 4.37. The standard InChI is InChI=1S/C26H22N6OS/c1-3-30-24(33)19-8-4-6-10-21(19)32-23(28-29-25(30)32)16-34-26-27-20-9-5-7-11-22(20)31(26)18-14-12-17(2)13-15-18/h4-15H,3,16H2,1-2H3. The van der Waals surface area contributed by atoms with Crippen LogP contribution in [0, 0.1) is 6.92 Å². The Balaban J connectivity index is 1.48. The predicted molar refractivity (Wildman–Crippen MR) is 136 cm³/mol. The summed E-state index contributed by atoms with van der Waals surface area (Å²) in [6.45, 7) is 4.56. The summed E-state index contributed by atoms with van der Waals surface area (Å²) in [4.78, 5) is 17.9. The van der Waals surface area contributed by atoms with Gasteiger partial charge in [-0.05, 0) is 50.2 Å². The molecule has 0 saturated heterocycles. The van der Waals surface area contributed by atoms with Gasteiger partial charge in [-0.3, -0.25) is 18.3 Å². The SMILES string of the molecule is CCn1c(=O)c2ccccc2n2c(CSc3nc4ccccc4n3-c3ccc(C)cc3)nnc12. The highest BCUT2D eigenvalue weighted by atomic mass is 32.2. The average Bonchev–Trinajstić information content (AvgIpc) is 3.45. The van der Waals surface area contributed by atoms with Crippen molar-refractivity contribution in [3.8, 4) is 5.69 Å². The van der Waals surface area contributed by atoms with Crippen molar-refractivity contribution < 1.29 is 0 Å². The molecule has 8 heteroatoms. The van der Waals surface area contributed by atoms with Crippen LogP contribution in [0.3, 0.4) is 0 Å². The van der Waals surface area contributed by atoms with Gasteiger partial charge < -0.3 is 0 Å². The fourth-order valence-corrected chi connectivity index (χ4v) is 5.31. The highest BCUT2D eigenvalue weighted by Crippen LogP contribution is 2.30. The van der Waals surface area contributed by atoms with Gasteiger partial charge in [0.05, 0.1) is 27.7 Å². The van der Waals surface area contributed by atoms with Crippen molar-refractivity contribution >= 4 is 39.5 Å². The summed E-state index contributed by atoms with van der Waals surface area (Å²) in [6.07, 6.45) is 0. The average molecular weight is 467 g/mol. The van der Waals surface area contributed by atoms with E-state index in [9.17, 15) is 4.79 Å². The van der Waals surface area contributed by atoms with Gasteiger partial charge in [-0.2, -0.15) is 0 Å². The molecule has 0 aliphatic heterocycles. The number of thioether (sulfide) groups is 1. The molecule has 0 radical (unpaired) electrons. The van der Waals surface area contributed by atoms with Crippen molar-refractivity contribution in [1.29, 1.82) is 0 Å². The Morgan fingerprint density at radius 3 is 2.41 bits per heavy atom. The first-order valence-electron chi connectivity index (χ1n) is 11.2. The minimum Gasteiger partial charge on any atom is -0.287 e. The maximum absolute atomic E-state index is 13.0. The number of hydrogen-bond donors (Lipinski definition) is 0. The van der Waals surface area contributed by atoms with Gasteiger partial charge in [0.25, 0.3) is 5.56 Å². The maximum Gasteiger partial charge on any atom is 0.262 e. The number of rotatable bonds is 5. The monoisotopic (exact) mass is 466 g/mol. The molecule has 0 saturated carbocycles. The van der Waals surface area contributed by atoms with Crippen LogP contribution in [0.1, 0.15) is 18.3 Å². The third kappa shape index (κ3) is 3.21. The molecule has 3 aromatic heterocycles. The maximum atomic E-state index is 13.0. The zero-order valence-corrected chi connectivity index (χ0v) is 19.7. The third-order valence-electron chi connectivity index (χ3n) is 6.04. The molecule has 0 aliphatic rings. The van der Waals surface area contributed by atoms with Crippen molar-refractivity contribution in [2.45, 2.75) is 31.3 Å². The highest BCUT2D eigenvalue weighted by molar-refractivity contribution is 7.98. The van der Waals surface area contributed by atoms with Gasteiger partial charge >= 0.3 is 0 Å². The largest absolute Gasteiger partial charge is 0.287 e. The van der Waals surface area contributed by atoms with Gasteiger partial charge in [0, 0.05) is 12.2 Å². The second-order valence-corrected chi connectivity index (χ2v) is 9.10. The van der Waals surface area contributed by atoms with Crippen LogP contribution in [0.25, 0.3) is 33.4 Å². The molecule has 0 bridgehead atoms.